The molecule has 2 aliphatic rings. The number of amides is 2. The lowest BCUT2D eigenvalue weighted by molar-refractivity contribution is -0.119. The van der Waals surface area contributed by atoms with E-state index in [9.17, 15) is 9.59 Å². The predicted molar refractivity (Wildman–Crippen MR) is 97.6 cm³/mol. The van der Waals surface area contributed by atoms with E-state index in [1.165, 1.54) is 14.2 Å². The Bertz CT molecular complexity index is 874. The first-order valence-corrected chi connectivity index (χ1v) is 9.10. The van der Waals surface area contributed by atoms with Crippen molar-refractivity contribution in [1.82, 2.24) is 9.88 Å². The van der Waals surface area contributed by atoms with Crippen LogP contribution in [0.25, 0.3) is 0 Å². The Labute approximate surface area is 154 Å². The van der Waals surface area contributed by atoms with Crippen molar-refractivity contribution in [2.45, 2.75) is 11.4 Å². The van der Waals surface area contributed by atoms with Crippen LogP contribution >= 0.6 is 11.8 Å². The minimum absolute atomic E-state index is 0.193. The molecule has 4 rings (SSSR count). The number of fused-ring (bicyclic) bond motifs is 3. The molecule has 8 heteroatoms. The van der Waals surface area contributed by atoms with E-state index < -0.39 is 6.04 Å². The molecule has 0 spiro atoms. The number of hydrogen-bond acceptors (Lipinski definition) is 6. The molecule has 1 saturated heterocycles. The maximum absolute atomic E-state index is 13.1. The smallest absolute Gasteiger partial charge is 0.260 e. The quantitative estimate of drug-likeness (QED) is 0.888. The van der Waals surface area contributed by atoms with E-state index in [1.807, 2.05) is 6.07 Å². The van der Waals surface area contributed by atoms with Gasteiger partial charge < -0.3 is 19.7 Å². The zero-order chi connectivity index (χ0) is 18.3. The van der Waals surface area contributed by atoms with Crippen molar-refractivity contribution in [3.8, 4) is 11.5 Å². The number of thioether (sulfide) groups is 1. The monoisotopic (exact) mass is 371 g/mol. The average Bonchev–Trinajstić information content (AvgIpc) is 3.22. The molecule has 1 aromatic carbocycles. The first-order chi connectivity index (χ1) is 12.7. The number of ether oxygens (including phenoxy) is 2. The van der Waals surface area contributed by atoms with Crippen LogP contribution in [-0.2, 0) is 4.79 Å². The molecule has 0 aliphatic carbocycles. The number of aromatic nitrogens is 1. The Hall–Kier alpha value is -2.74. The molecule has 26 heavy (non-hydrogen) atoms. The van der Waals surface area contributed by atoms with E-state index in [0.29, 0.717) is 28.5 Å². The normalized spacial score (nSPS) is 20.5. The predicted octanol–water partition coefficient (Wildman–Crippen LogP) is 2.31. The molecule has 0 bridgehead atoms. The summed E-state index contributed by atoms with van der Waals surface area (Å²) in [5, 5.41) is 2.64. The topological polar surface area (TPSA) is 80.8 Å². The Morgan fingerprint density at radius 1 is 1.31 bits per heavy atom. The lowest BCUT2D eigenvalue weighted by Gasteiger charge is -2.22. The van der Waals surface area contributed by atoms with Crippen molar-refractivity contribution in [2.75, 3.05) is 25.3 Å². The van der Waals surface area contributed by atoms with Crippen LogP contribution in [0.15, 0.2) is 36.7 Å². The summed E-state index contributed by atoms with van der Waals surface area (Å²) >= 11 is 1.57. The highest BCUT2D eigenvalue weighted by Gasteiger charge is 2.50. The number of methoxy groups -OCH3 is 2. The second-order valence-electron chi connectivity index (χ2n) is 5.91. The third-order valence-corrected chi connectivity index (χ3v) is 5.83. The fourth-order valence-corrected chi connectivity index (χ4v) is 4.81. The van der Waals surface area contributed by atoms with Crippen molar-refractivity contribution >= 4 is 29.3 Å². The summed E-state index contributed by atoms with van der Waals surface area (Å²) in [5.41, 5.74) is 1.94. The molecule has 2 unspecified atom stereocenters. The zero-order valence-corrected chi connectivity index (χ0v) is 15.1. The number of pyridine rings is 1. The van der Waals surface area contributed by atoms with Gasteiger partial charge in [0, 0.05) is 17.5 Å². The van der Waals surface area contributed by atoms with Gasteiger partial charge in [0.15, 0.2) is 11.5 Å². The Morgan fingerprint density at radius 2 is 2.15 bits per heavy atom. The molecule has 1 aromatic heterocycles. The van der Waals surface area contributed by atoms with E-state index >= 15 is 0 Å². The van der Waals surface area contributed by atoms with Crippen LogP contribution < -0.4 is 14.8 Å². The molecule has 134 valence electrons. The third kappa shape index (κ3) is 2.48. The molecule has 2 aliphatic heterocycles. The summed E-state index contributed by atoms with van der Waals surface area (Å²) < 4.78 is 10.7. The Morgan fingerprint density at radius 3 is 2.85 bits per heavy atom. The van der Waals surface area contributed by atoms with E-state index in [4.69, 9.17) is 9.47 Å². The maximum atomic E-state index is 13.1. The molecular weight excluding hydrogens is 354 g/mol. The first kappa shape index (κ1) is 16.7. The number of nitrogens with one attached hydrogen (secondary N) is 1. The van der Waals surface area contributed by atoms with Crippen LogP contribution in [0.3, 0.4) is 0 Å². The molecule has 7 nitrogen and oxygen atoms in total. The van der Waals surface area contributed by atoms with Gasteiger partial charge in [-0.3, -0.25) is 14.6 Å². The summed E-state index contributed by atoms with van der Waals surface area (Å²) in [5.74, 6) is 1.02. The average molecular weight is 371 g/mol. The van der Waals surface area contributed by atoms with Crippen LogP contribution in [0.5, 0.6) is 11.5 Å². The van der Waals surface area contributed by atoms with Crippen LogP contribution in [0.4, 0.5) is 5.69 Å². The molecule has 0 saturated carbocycles. The van der Waals surface area contributed by atoms with Crippen LogP contribution in [-0.4, -0.2) is 47.7 Å². The minimum Gasteiger partial charge on any atom is -0.493 e. The van der Waals surface area contributed by atoms with Gasteiger partial charge in [-0.15, -0.1) is 11.8 Å². The van der Waals surface area contributed by atoms with Crippen molar-refractivity contribution in [3.63, 3.8) is 0 Å². The van der Waals surface area contributed by atoms with Gasteiger partial charge >= 0.3 is 0 Å². The number of carbonyl (C=O) groups is 2. The molecule has 3 heterocycles. The summed E-state index contributed by atoms with van der Waals surface area (Å²) in [7, 11) is 3.04. The lowest BCUT2D eigenvalue weighted by Crippen LogP contribution is -2.42. The highest BCUT2D eigenvalue weighted by atomic mass is 32.2. The van der Waals surface area contributed by atoms with Crippen LogP contribution in [0, 0.1) is 0 Å². The van der Waals surface area contributed by atoms with E-state index in [-0.39, 0.29) is 17.2 Å². The molecule has 1 N–H and O–H groups in total. The van der Waals surface area contributed by atoms with E-state index in [2.05, 4.69) is 10.3 Å². The highest BCUT2D eigenvalue weighted by Crippen LogP contribution is 2.52. The molecular formula is C18H17N3O4S. The molecule has 2 amide bonds. The van der Waals surface area contributed by atoms with Crippen LogP contribution in [0.1, 0.15) is 21.3 Å². The SMILES string of the molecule is COc1ccc2c(c1OC)C(=O)N1C(C(=O)Nc3cccnc3)CSC21. The molecule has 0 radical (unpaired) electrons. The van der Waals surface area contributed by atoms with Gasteiger partial charge in [0.05, 0.1) is 31.7 Å². The molecule has 2 atom stereocenters. The minimum atomic E-state index is -0.555. The number of rotatable bonds is 4. The van der Waals surface area contributed by atoms with Gasteiger partial charge in [-0.25, -0.2) is 0 Å². The maximum Gasteiger partial charge on any atom is 0.260 e. The summed E-state index contributed by atoms with van der Waals surface area (Å²) in [6.07, 6.45) is 3.21. The molecule has 1 fully saturated rings. The highest BCUT2D eigenvalue weighted by molar-refractivity contribution is 7.99. The van der Waals surface area contributed by atoms with Crippen molar-refractivity contribution in [3.05, 3.63) is 47.8 Å². The van der Waals surface area contributed by atoms with E-state index in [0.717, 1.165) is 5.56 Å². The zero-order valence-electron chi connectivity index (χ0n) is 14.3. The van der Waals surface area contributed by atoms with Crippen LogP contribution in [0.2, 0.25) is 0 Å². The van der Waals surface area contributed by atoms with Gasteiger partial charge in [0.2, 0.25) is 5.91 Å². The Balaban J connectivity index is 1.64. The van der Waals surface area contributed by atoms with Crippen molar-refractivity contribution in [2.24, 2.45) is 0 Å². The number of carbonyl (C=O) groups excluding carboxylic acids is 2. The first-order valence-electron chi connectivity index (χ1n) is 8.05. The van der Waals surface area contributed by atoms with Crippen molar-refractivity contribution in [1.29, 1.82) is 0 Å². The third-order valence-electron chi connectivity index (χ3n) is 4.52. The summed E-state index contributed by atoms with van der Waals surface area (Å²) in [6, 6.07) is 6.61. The van der Waals surface area contributed by atoms with E-state index in [1.54, 1.807) is 47.3 Å². The number of anilines is 1. The second-order valence-corrected chi connectivity index (χ2v) is 7.02. The van der Waals surface area contributed by atoms with Crippen molar-refractivity contribution < 1.29 is 19.1 Å². The molecule has 2 aromatic rings. The summed E-state index contributed by atoms with van der Waals surface area (Å²) in [4.78, 5) is 31.4. The van der Waals surface area contributed by atoms with Gasteiger partial charge in [-0.05, 0) is 18.2 Å². The summed E-state index contributed by atoms with van der Waals surface area (Å²) in [6.45, 7) is 0. The van der Waals surface area contributed by atoms with Gasteiger partial charge in [-0.2, -0.15) is 0 Å². The number of hydrogen-bond donors (Lipinski definition) is 1. The second kappa shape index (κ2) is 6.53. The number of benzene rings is 1. The standard InChI is InChI=1S/C18H17N3O4S/c1-24-13-6-5-11-14(15(13)25-2)17(23)21-12(9-26-18(11)21)16(22)20-10-4-3-7-19-8-10/h3-8,12,18H,9H2,1-2H3,(H,20,22). The fraction of sp³-hybridized carbons (Fsp3) is 0.278. The fourth-order valence-electron chi connectivity index (χ4n) is 3.36. The Kier molecular flexibility index (Phi) is 4.20. The van der Waals surface area contributed by atoms with Gasteiger partial charge in [0.25, 0.3) is 5.91 Å². The van der Waals surface area contributed by atoms with Gasteiger partial charge in [0.1, 0.15) is 11.4 Å². The number of nitrogens with zero attached hydrogens (tertiary/aromatic N) is 2. The van der Waals surface area contributed by atoms with Gasteiger partial charge in [-0.1, -0.05) is 6.07 Å². The largest absolute Gasteiger partial charge is 0.493 e. The lowest BCUT2D eigenvalue weighted by atomic mass is 10.1.